The van der Waals surface area contributed by atoms with Crippen LogP contribution in [0.25, 0.3) is 0 Å². The van der Waals surface area contributed by atoms with Gasteiger partial charge >= 0.3 is 12.0 Å². The van der Waals surface area contributed by atoms with Crippen molar-refractivity contribution < 1.29 is 36.7 Å². The van der Waals surface area contributed by atoms with Crippen LogP contribution in [0, 0.1) is 0 Å². The maximum atomic E-state index is 12.8. The van der Waals surface area contributed by atoms with E-state index in [9.17, 15) is 22.8 Å². The van der Waals surface area contributed by atoms with Gasteiger partial charge in [-0.1, -0.05) is 107 Å². The number of carbonyl (C=O) groups is 3. The number of allylic oxidation sites excluding steroid dienone is 2. The van der Waals surface area contributed by atoms with Gasteiger partial charge in [0.1, 0.15) is 43.2 Å². The molecule has 0 bridgehead atoms. The molecular formula is C51H67Cl2N9O8S. The first-order chi connectivity index (χ1) is 34.3. The van der Waals surface area contributed by atoms with Crippen molar-refractivity contribution in [2.75, 3.05) is 24.3 Å². The molecule has 0 saturated heterocycles. The first-order valence-corrected chi connectivity index (χ1v) is 25.9. The molecule has 0 fully saturated rings. The van der Waals surface area contributed by atoms with Crippen LogP contribution in [0.1, 0.15) is 103 Å². The Morgan fingerprint density at radius 3 is 2.28 bits per heavy atom. The fourth-order valence-electron chi connectivity index (χ4n) is 6.76. The third-order valence-electron chi connectivity index (χ3n) is 10.3. The highest BCUT2D eigenvalue weighted by Gasteiger charge is 2.33. The number of esters is 1. The number of nitrogens with one attached hydrogen (secondary N) is 2. The van der Waals surface area contributed by atoms with Crippen LogP contribution < -0.4 is 5.32 Å². The first-order valence-electron chi connectivity index (χ1n) is 23.5. The third-order valence-corrected chi connectivity index (χ3v) is 12.6. The molecule has 17 nitrogen and oxygen atoms in total. The van der Waals surface area contributed by atoms with Gasteiger partial charge in [0.25, 0.3) is 5.91 Å². The van der Waals surface area contributed by atoms with Crippen molar-refractivity contribution in [3.63, 3.8) is 0 Å². The number of carbonyl (C=O) groups excluding carboxylic acids is 3. The lowest BCUT2D eigenvalue weighted by Crippen LogP contribution is -2.46. The fraction of sp³-hybridized carbons (Fsp3) is 0.392. The molecule has 71 heavy (non-hydrogen) atoms. The number of benzene rings is 2. The van der Waals surface area contributed by atoms with E-state index in [0.717, 1.165) is 36.4 Å². The minimum absolute atomic E-state index is 0.0935. The number of unbranched alkanes of at least 4 members (excludes halogenated alkanes) is 3. The minimum atomic E-state index is -3.55. The number of ether oxygens (including phenoxy) is 2. The van der Waals surface area contributed by atoms with Gasteiger partial charge in [0.15, 0.2) is 14.7 Å². The van der Waals surface area contributed by atoms with Crippen LogP contribution in [-0.4, -0.2) is 90.5 Å². The molecule has 2 N–H and O–H groups in total. The number of halogens is 2. The number of H-pyrrole nitrogens is 1. The average Bonchev–Trinajstić information content (AvgIpc) is 4.22. The van der Waals surface area contributed by atoms with E-state index in [0.29, 0.717) is 41.8 Å². The Labute approximate surface area is 427 Å². The minimum Gasteiger partial charge on any atom is -0.496 e. The molecule has 2 aromatic carbocycles. The van der Waals surface area contributed by atoms with Gasteiger partial charge in [-0.15, -0.1) is 6.58 Å². The van der Waals surface area contributed by atoms with E-state index in [1.807, 2.05) is 23.7 Å². The van der Waals surface area contributed by atoms with Gasteiger partial charge in [-0.3, -0.25) is 14.0 Å². The number of hydrogen-bond acceptors (Lipinski definition) is 12. The molecule has 5 heterocycles. The first kappa shape index (κ1) is 58.8. The van der Waals surface area contributed by atoms with Crippen LogP contribution in [0.3, 0.4) is 0 Å². The Hall–Kier alpha value is -6.50. The zero-order valence-electron chi connectivity index (χ0n) is 41.2. The van der Waals surface area contributed by atoms with Gasteiger partial charge < -0.3 is 29.1 Å². The van der Waals surface area contributed by atoms with Crippen LogP contribution in [0.2, 0.25) is 10.0 Å². The van der Waals surface area contributed by atoms with E-state index >= 15 is 0 Å². The highest BCUT2D eigenvalue weighted by atomic mass is 35.5. The van der Waals surface area contributed by atoms with Crippen LogP contribution >= 0.6 is 23.2 Å². The number of anilines is 1. The molecule has 7 rings (SSSR count). The maximum absolute atomic E-state index is 12.8. The largest absolute Gasteiger partial charge is 0.496 e. The number of rotatable bonds is 18. The van der Waals surface area contributed by atoms with Crippen molar-refractivity contribution in [1.82, 2.24) is 39.2 Å². The van der Waals surface area contributed by atoms with E-state index in [1.54, 1.807) is 92.2 Å². The van der Waals surface area contributed by atoms with Gasteiger partial charge in [-0.05, 0) is 74.6 Å². The number of amides is 2. The zero-order chi connectivity index (χ0) is 51.9. The van der Waals surface area contributed by atoms with Crippen molar-refractivity contribution in [3.8, 4) is 0 Å². The number of aromatic nitrogens is 7. The van der Waals surface area contributed by atoms with Crippen LogP contribution in [0.4, 0.5) is 10.5 Å². The maximum Gasteiger partial charge on any atom is 0.330 e. The highest BCUT2D eigenvalue weighted by Crippen LogP contribution is 2.31. The predicted molar refractivity (Wildman–Crippen MR) is 277 cm³/mol. The summed E-state index contributed by atoms with van der Waals surface area (Å²) in [5.41, 5.74) is 1.67. The number of hydrogen-bond donors (Lipinski definition) is 2. The number of aromatic amines is 1. The summed E-state index contributed by atoms with van der Waals surface area (Å²) in [6, 6.07) is 16.8. The number of furan rings is 1. The van der Waals surface area contributed by atoms with Crippen LogP contribution in [0.15, 0.2) is 145 Å². The number of para-hydroxylation sites is 1. The quantitative estimate of drug-likeness (QED) is 0.0468. The summed E-state index contributed by atoms with van der Waals surface area (Å²) < 4.78 is 42.6. The van der Waals surface area contributed by atoms with E-state index < -0.39 is 27.8 Å². The molecule has 0 radical (unpaired) electrons. The summed E-state index contributed by atoms with van der Waals surface area (Å²) >= 11 is 12.2. The molecule has 384 valence electrons. The van der Waals surface area contributed by atoms with Gasteiger partial charge in [0.05, 0.1) is 31.5 Å². The van der Waals surface area contributed by atoms with Gasteiger partial charge in [0, 0.05) is 53.0 Å². The summed E-state index contributed by atoms with van der Waals surface area (Å²) in [5.74, 6) is -0.172. The topological polar surface area (TPSA) is 209 Å². The average molecular weight is 1040 g/mol. The van der Waals surface area contributed by atoms with E-state index in [-0.39, 0.29) is 35.6 Å². The zero-order valence-corrected chi connectivity index (χ0v) is 43.5. The molecule has 0 aliphatic carbocycles. The van der Waals surface area contributed by atoms with Gasteiger partial charge in [-0.2, -0.15) is 5.10 Å². The Morgan fingerprint density at radius 1 is 0.972 bits per heavy atom. The second kappa shape index (κ2) is 33.2. The number of nitrogens with zero attached hydrogens (tertiary/aromatic N) is 7. The highest BCUT2D eigenvalue weighted by molar-refractivity contribution is 7.96. The lowest BCUT2D eigenvalue weighted by Gasteiger charge is -2.28. The molecule has 6 aromatic rings. The van der Waals surface area contributed by atoms with E-state index in [1.165, 1.54) is 54.4 Å². The SMILES string of the molecule is C=CCCCOC(=O)C(CC)N(Cc1ccco1)C(=O)n1ccnc1.CC1=C(C(=O)Nc2ccccc2)S(=O)(=O)CCO1.CCCC(Cn1cncn1)c1ccc(Cl)cc1Cl.CCCCC.c1c[nH]cn1. The summed E-state index contributed by atoms with van der Waals surface area (Å²) in [6.07, 6.45) is 24.3. The Kier molecular flexibility index (Phi) is 27.5. The van der Waals surface area contributed by atoms with Crippen molar-refractivity contribution in [2.24, 2.45) is 0 Å². The van der Waals surface area contributed by atoms with Crippen molar-refractivity contribution >= 4 is 56.6 Å². The van der Waals surface area contributed by atoms with Gasteiger partial charge in [0.2, 0.25) is 0 Å². The van der Waals surface area contributed by atoms with Gasteiger partial charge in [-0.25, -0.2) is 33.0 Å². The molecule has 0 spiro atoms. The number of sulfone groups is 1. The normalized spacial score (nSPS) is 13.1. The Bertz CT molecular complexity index is 2520. The second-order valence-electron chi connectivity index (χ2n) is 15.7. The fourth-order valence-corrected chi connectivity index (χ4v) is 8.66. The molecule has 0 saturated carbocycles. The molecule has 2 atom stereocenters. The summed E-state index contributed by atoms with van der Waals surface area (Å²) in [5, 5.41) is 8.08. The Balaban J connectivity index is 0.000000259. The van der Waals surface area contributed by atoms with Crippen LogP contribution in [-0.2, 0) is 42.0 Å². The monoisotopic (exact) mass is 1040 g/mol. The molecule has 2 unspecified atom stereocenters. The molecule has 1 aliphatic heterocycles. The molecule has 4 aromatic heterocycles. The van der Waals surface area contributed by atoms with Crippen molar-refractivity contribution in [1.29, 1.82) is 0 Å². The summed E-state index contributed by atoms with van der Waals surface area (Å²) in [4.78, 5) is 52.7. The molecular weight excluding hydrogens is 970 g/mol. The number of imidazole rings is 2. The van der Waals surface area contributed by atoms with E-state index in [4.69, 9.17) is 37.1 Å². The lowest BCUT2D eigenvalue weighted by atomic mass is 9.94. The summed E-state index contributed by atoms with van der Waals surface area (Å²) in [7, 11) is -3.55. The molecule has 1 aliphatic rings. The second-order valence-corrected chi connectivity index (χ2v) is 18.6. The molecule has 2 amide bonds. The lowest BCUT2D eigenvalue weighted by molar-refractivity contribution is -0.149. The summed E-state index contributed by atoms with van der Waals surface area (Å²) in [6.45, 7) is 14.9. The standard InChI is InChI=1S/C18H23N3O4.C13H15Cl2N3.C12H13NO4S.C5H12.C3H4N2/c1-3-5-6-11-25-17(22)16(4-2)21(13-15-8-7-12-24-15)18(23)20-10-9-19-14-20;1-2-3-10(7-18-9-16-8-17-18)12-5-4-11(14)6-13(12)15;1-9-11(18(15,16)8-7-17-9)12(14)13-10-5-3-2-4-6-10;1-3-5-4-2;1-2-5-3-4-1/h3,7-10,12,14,16H,1,4-6,11,13H2,2H3;4-6,8-10H,2-3,7H2,1H3;2-6H,7-8H2,1H3,(H,13,14);3-5H2,1-2H3;1-3H,(H,4,5). The van der Waals surface area contributed by atoms with Crippen molar-refractivity contribution in [3.05, 3.63) is 162 Å². The van der Waals surface area contributed by atoms with E-state index in [2.05, 4.69) is 57.7 Å². The Morgan fingerprint density at radius 2 is 1.75 bits per heavy atom. The predicted octanol–water partition coefficient (Wildman–Crippen LogP) is 11.3. The third kappa shape index (κ3) is 21.2. The smallest absolute Gasteiger partial charge is 0.330 e. The van der Waals surface area contributed by atoms with Crippen LogP contribution in [0.5, 0.6) is 0 Å². The molecule has 20 heteroatoms. The van der Waals surface area contributed by atoms with Crippen molar-refractivity contribution in [2.45, 2.75) is 111 Å².